The van der Waals surface area contributed by atoms with Gasteiger partial charge in [-0.1, -0.05) is 18.2 Å². The minimum absolute atomic E-state index is 0.107. The summed E-state index contributed by atoms with van der Waals surface area (Å²) in [5, 5.41) is 15.6. The third-order valence-corrected chi connectivity index (χ3v) is 7.76. The maximum Gasteiger partial charge on any atom is 0.247 e. The number of carbonyl (C=O) groups excluding carboxylic acids is 2. The molecule has 1 N–H and O–H groups in total. The molecule has 0 saturated carbocycles. The molecule has 1 saturated heterocycles. The molecule has 1 aliphatic heterocycles. The van der Waals surface area contributed by atoms with Gasteiger partial charge < -0.3 is 29.2 Å². The van der Waals surface area contributed by atoms with E-state index in [1.807, 2.05) is 12.1 Å². The Hall–Kier alpha value is -5.04. The van der Waals surface area contributed by atoms with Crippen LogP contribution in [0.25, 0.3) is 11.4 Å². The number of amides is 2. The standard InChI is InChI=1S/C33H37FN6O6/c1-43-26-13-9-24(10-14-26)32-36-38-40(37-32)21-30(41)39(17-16-22-6-15-28(44-2)29(19-22)45-3)31(23-7-11-25(34)12-8-23)33(42)35-20-27-5-4-18-46-27/h6-15,19,27,31H,4-5,16-18,20-21H2,1-3H3,(H,35,42)/t27-,31-/m1/s1. The monoisotopic (exact) mass is 632 g/mol. The van der Waals surface area contributed by atoms with Crippen LogP contribution in [0.4, 0.5) is 4.39 Å². The van der Waals surface area contributed by atoms with Crippen molar-refractivity contribution in [1.82, 2.24) is 30.4 Å². The molecule has 0 unspecified atom stereocenters. The second-order valence-corrected chi connectivity index (χ2v) is 10.7. The molecule has 4 aromatic rings. The average Bonchev–Trinajstić information content (AvgIpc) is 3.79. The first-order valence-electron chi connectivity index (χ1n) is 15.0. The summed E-state index contributed by atoms with van der Waals surface area (Å²) in [6.45, 7) is 0.793. The summed E-state index contributed by atoms with van der Waals surface area (Å²) in [6, 6.07) is 17.1. The SMILES string of the molecule is COc1ccc(-c2nnn(CC(=O)N(CCc3ccc(OC)c(OC)c3)[C@@H](C(=O)NC[C@H]3CCCO3)c3ccc(F)cc3)n2)cc1. The van der Waals surface area contributed by atoms with Gasteiger partial charge in [0.2, 0.25) is 17.6 Å². The van der Waals surface area contributed by atoms with E-state index in [-0.39, 0.29) is 19.2 Å². The number of nitrogens with one attached hydrogen (secondary N) is 1. The third kappa shape index (κ3) is 7.96. The second kappa shape index (κ2) is 15.3. The lowest BCUT2D eigenvalue weighted by Gasteiger charge is -2.32. The van der Waals surface area contributed by atoms with Gasteiger partial charge in [-0.25, -0.2) is 4.39 Å². The third-order valence-electron chi connectivity index (χ3n) is 7.76. The van der Waals surface area contributed by atoms with Crippen molar-refractivity contribution < 1.29 is 32.9 Å². The summed E-state index contributed by atoms with van der Waals surface area (Å²) in [7, 11) is 4.68. The van der Waals surface area contributed by atoms with Gasteiger partial charge in [-0.15, -0.1) is 10.2 Å². The number of halogens is 1. The zero-order valence-electron chi connectivity index (χ0n) is 26.0. The molecule has 242 valence electrons. The highest BCUT2D eigenvalue weighted by Crippen LogP contribution is 2.29. The zero-order valence-corrected chi connectivity index (χ0v) is 26.0. The van der Waals surface area contributed by atoms with Crippen LogP contribution in [0.5, 0.6) is 17.2 Å². The molecule has 1 aromatic heterocycles. The smallest absolute Gasteiger partial charge is 0.247 e. The van der Waals surface area contributed by atoms with Gasteiger partial charge in [0.1, 0.15) is 24.2 Å². The predicted octanol–water partition coefficient (Wildman–Crippen LogP) is 3.61. The number of hydrogen-bond acceptors (Lipinski definition) is 9. The number of benzene rings is 3. The van der Waals surface area contributed by atoms with Gasteiger partial charge in [-0.2, -0.15) is 4.80 Å². The molecule has 2 heterocycles. The molecule has 0 radical (unpaired) electrons. The Balaban J connectivity index is 1.43. The predicted molar refractivity (Wildman–Crippen MR) is 166 cm³/mol. The fraction of sp³-hybridized carbons (Fsp3) is 0.364. The van der Waals surface area contributed by atoms with Crippen molar-refractivity contribution in [2.75, 3.05) is 41.0 Å². The number of tetrazole rings is 1. The van der Waals surface area contributed by atoms with Crippen LogP contribution in [0.3, 0.4) is 0 Å². The summed E-state index contributed by atoms with van der Waals surface area (Å²) in [5.41, 5.74) is 2.01. The molecule has 1 aliphatic rings. The molecular formula is C33H37FN6O6. The van der Waals surface area contributed by atoms with Crippen molar-refractivity contribution in [2.45, 2.75) is 38.0 Å². The summed E-state index contributed by atoms with van der Waals surface area (Å²) in [6.07, 6.45) is 2.02. The average molecular weight is 633 g/mol. The highest BCUT2D eigenvalue weighted by Gasteiger charge is 2.32. The van der Waals surface area contributed by atoms with Crippen molar-refractivity contribution in [3.05, 3.63) is 83.7 Å². The molecule has 0 aliphatic carbocycles. The molecule has 0 spiro atoms. The van der Waals surface area contributed by atoms with E-state index in [0.29, 0.717) is 53.8 Å². The summed E-state index contributed by atoms with van der Waals surface area (Å²) >= 11 is 0. The van der Waals surface area contributed by atoms with E-state index in [9.17, 15) is 14.0 Å². The van der Waals surface area contributed by atoms with Crippen LogP contribution in [0.2, 0.25) is 0 Å². The first-order chi connectivity index (χ1) is 22.4. The van der Waals surface area contributed by atoms with Crippen LogP contribution in [0.1, 0.15) is 30.0 Å². The number of hydrogen-bond donors (Lipinski definition) is 1. The molecular weight excluding hydrogens is 595 g/mol. The fourth-order valence-electron chi connectivity index (χ4n) is 5.30. The maximum absolute atomic E-state index is 14.1. The van der Waals surface area contributed by atoms with Crippen molar-refractivity contribution in [1.29, 1.82) is 0 Å². The van der Waals surface area contributed by atoms with Crippen molar-refractivity contribution in [3.63, 3.8) is 0 Å². The number of aromatic nitrogens is 4. The number of ether oxygens (including phenoxy) is 4. The Morgan fingerprint density at radius 2 is 1.78 bits per heavy atom. The van der Waals surface area contributed by atoms with E-state index in [1.54, 1.807) is 51.7 Å². The number of nitrogens with zero attached hydrogens (tertiary/aromatic N) is 5. The Kier molecular flexibility index (Phi) is 10.8. The molecule has 12 nitrogen and oxygen atoms in total. The van der Waals surface area contributed by atoms with E-state index in [4.69, 9.17) is 18.9 Å². The quantitative estimate of drug-likeness (QED) is 0.222. The Morgan fingerprint density at radius 1 is 1.02 bits per heavy atom. The largest absolute Gasteiger partial charge is 0.497 e. The first-order valence-corrected chi connectivity index (χ1v) is 15.0. The van der Waals surface area contributed by atoms with Crippen molar-refractivity contribution >= 4 is 11.8 Å². The molecule has 2 atom stereocenters. The fourth-order valence-corrected chi connectivity index (χ4v) is 5.30. The van der Waals surface area contributed by atoms with E-state index in [0.717, 1.165) is 18.4 Å². The van der Waals surface area contributed by atoms with Crippen LogP contribution in [-0.4, -0.2) is 84.1 Å². The number of methoxy groups -OCH3 is 3. The van der Waals surface area contributed by atoms with Gasteiger partial charge in [0.05, 0.1) is 27.4 Å². The topological polar surface area (TPSA) is 130 Å². The van der Waals surface area contributed by atoms with Crippen LogP contribution < -0.4 is 19.5 Å². The van der Waals surface area contributed by atoms with E-state index in [2.05, 4.69) is 20.7 Å². The molecule has 3 aromatic carbocycles. The van der Waals surface area contributed by atoms with Gasteiger partial charge in [0, 0.05) is 25.3 Å². The highest BCUT2D eigenvalue weighted by atomic mass is 19.1. The lowest BCUT2D eigenvalue weighted by molar-refractivity contribution is -0.141. The van der Waals surface area contributed by atoms with Crippen LogP contribution in [-0.2, 0) is 27.3 Å². The van der Waals surface area contributed by atoms with Crippen molar-refractivity contribution in [2.24, 2.45) is 0 Å². The van der Waals surface area contributed by atoms with E-state index in [1.165, 1.54) is 34.0 Å². The van der Waals surface area contributed by atoms with Crippen LogP contribution in [0.15, 0.2) is 66.7 Å². The van der Waals surface area contributed by atoms with Gasteiger partial charge in [-0.05, 0) is 84.1 Å². The minimum atomic E-state index is -1.07. The molecule has 2 amide bonds. The molecule has 0 bridgehead atoms. The van der Waals surface area contributed by atoms with E-state index >= 15 is 0 Å². The lowest BCUT2D eigenvalue weighted by Crippen LogP contribution is -2.47. The zero-order chi connectivity index (χ0) is 32.5. The van der Waals surface area contributed by atoms with Crippen molar-refractivity contribution in [3.8, 4) is 28.6 Å². The number of carbonyl (C=O) groups is 2. The Bertz CT molecular complexity index is 1610. The number of rotatable bonds is 14. The van der Waals surface area contributed by atoms with Gasteiger partial charge in [-0.3, -0.25) is 9.59 Å². The van der Waals surface area contributed by atoms with Gasteiger partial charge in [0.25, 0.3) is 0 Å². The molecule has 46 heavy (non-hydrogen) atoms. The summed E-state index contributed by atoms with van der Waals surface area (Å²) < 4.78 is 35.7. The first kappa shape index (κ1) is 32.4. The molecule has 13 heteroatoms. The molecule has 1 fully saturated rings. The summed E-state index contributed by atoms with van der Waals surface area (Å²) in [5.74, 6) is 0.831. The Morgan fingerprint density at radius 3 is 2.46 bits per heavy atom. The normalized spacial score (nSPS) is 14.8. The second-order valence-electron chi connectivity index (χ2n) is 10.7. The summed E-state index contributed by atoms with van der Waals surface area (Å²) in [4.78, 5) is 30.6. The maximum atomic E-state index is 14.1. The van der Waals surface area contributed by atoms with Crippen LogP contribution >= 0.6 is 0 Å². The highest BCUT2D eigenvalue weighted by molar-refractivity contribution is 5.88. The molecule has 5 rings (SSSR count). The van der Waals surface area contributed by atoms with Crippen LogP contribution in [0, 0.1) is 5.82 Å². The minimum Gasteiger partial charge on any atom is -0.497 e. The Labute approximate surface area is 266 Å². The van der Waals surface area contributed by atoms with Gasteiger partial charge in [0.15, 0.2) is 11.5 Å². The lowest BCUT2D eigenvalue weighted by atomic mass is 10.0. The van der Waals surface area contributed by atoms with Gasteiger partial charge >= 0.3 is 0 Å². The van der Waals surface area contributed by atoms with E-state index < -0.39 is 23.7 Å².